The Bertz CT molecular complexity index is 747. The number of aromatic nitrogens is 3. The van der Waals surface area contributed by atoms with Gasteiger partial charge in [0.2, 0.25) is 11.9 Å². The minimum Gasteiger partial charge on any atom is -0.497 e. The van der Waals surface area contributed by atoms with Gasteiger partial charge in [-0.2, -0.15) is 10.1 Å². The molecule has 1 fully saturated rings. The lowest BCUT2D eigenvalue weighted by atomic mass is 9.98. The fourth-order valence-electron chi connectivity index (χ4n) is 2.89. The SMILES string of the molecule is COc1ccc(SC(C)C(=O)Nc2nc(C3CCNCC3)nn2C)cc1.Cl. The molecule has 0 saturated carbocycles. The molecular weight excluding hydrogens is 386 g/mol. The van der Waals surface area contributed by atoms with Crippen LogP contribution in [0.15, 0.2) is 29.2 Å². The summed E-state index contributed by atoms with van der Waals surface area (Å²) in [6.45, 7) is 3.86. The van der Waals surface area contributed by atoms with E-state index >= 15 is 0 Å². The van der Waals surface area contributed by atoms with Gasteiger partial charge in [-0.25, -0.2) is 4.68 Å². The highest BCUT2D eigenvalue weighted by Gasteiger charge is 2.22. The molecule has 2 aromatic rings. The first-order valence-corrected chi connectivity index (χ1v) is 9.68. The molecular formula is C18H26ClN5O2S. The third-order valence-corrected chi connectivity index (χ3v) is 5.57. The van der Waals surface area contributed by atoms with Crippen LogP contribution in [0.5, 0.6) is 5.75 Å². The van der Waals surface area contributed by atoms with Crippen molar-refractivity contribution in [3.63, 3.8) is 0 Å². The third kappa shape index (κ3) is 5.60. The lowest BCUT2D eigenvalue weighted by molar-refractivity contribution is -0.115. The van der Waals surface area contributed by atoms with Crippen molar-refractivity contribution in [3.05, 3.63) is 30.1 Å². The summed E-state index contributed by atoms with van der Waals surface area (Å²) in [5.41, 5.74) is 0. The van der Waals surface area contributed by atoms with Gasteiger partial charge in [0.1, 0.15) is 5.75 Å². The average Bonchev–Trinajstić information content (AvgIpc) is 3.03. The van der Waals surface area contributed by atoms with Gasteiger partial charge in [0.25, 0.3) is 0 Å². The van der Waals surface area contributed by atoms with Gasteiger partial charge in [-0.15, -0.1) is 24.2 Å². The summed E-state index contributed by atoms with van der Waals surface area (Å²) < 4.78 is 6.81. The van der Waals surface area contributed by atoms with Crippen LogP contribution in [0.3, 0.4) is 0 Å². The van der Waals surface area contributed by atoms with Crippen LogP contribution in [-0.4, -0.2) is 46.1 Å². The molecule has 7 nitrogen and oxygen atoms in total. The van der Waals surface area contributed by atoms with E-state index in [4.69, 9.17) is 4.74 Å². The number of rotatable bonds is 6. The van der Waals surface area contributed by atoms with Gasteiger partial charge in [-0.3, -0.25) is 10.1 Å². The number of thioether (sulfide) groups is 1. The largest absolute Gasteiger partial charge is 0.497 e. The molecule has 1 amide bonds. The van der Waals surface area contributed by atoms with E-state index in [1.54, 1.807) is 11.8 Å². The van der Waals surface area contributed by atoms with E-state index in [2.05, 4.69) is 20.7 Å². The van der Waals surface area contributed by atoms with E-state index in [9.17, 15) is 4.79 Å². The van der Waals surface area contributed by atoms with Crippen molar-refractivity contribution in [1.82, 2.24) is 20.1 Å². The van der Waals surface area contributed by atoms with Crippen LogP contribution in [0.1, 0.15) is 31.5 Å². The number of methoxy groups -OCH3 is 1. The van der Waals surface area contributed by atoms with E-state index < -0.39 is 0 Å². The molecule has 3 rings (SSSR count). The van der Waals surface area contributed by atoms with E-state index in [1.165, 1.54) is 11.8 Å². The first-order valence-electron chi connectivity index (χ1n) is 8.80. The Balaban J connectivity index is 0.00000261. The first kappa shape index (κ1) is 21.5. The number of benzene rings is 1. The van der Waals surface area contributed by atoms with Gasteiger partial charge in [0.05, 0.1) is 12.4 Å². The summed E-state index contributed by atoms with van der Waals surface area (Å²) >= 11 is 1.50. The van der Waals surface area contributed by atoms with Crippen molar-refractivity contribution >= 4 is 36.0 Å². The number of anilines is 1. The van der Waals surface area contributed by atoms with E-state index in [1.807, 2.05) is 38.2 Å². The summed E-state index contributed by atoms with van der Waals surface area (Å²) in [6, 6.07) is 7.68. The number of amides is 1. The fraction of sp³-hybridized carbons (Fsp3) is 0.500. The number of nitrogens with zero attached hydrogens (tertiary/aromatic N) is 3. The molecule has 0 aliphatic carbocycles. The highest BCUT2D eigenvalue weighted by molar-refractivity contribution is 8.00. The zero-order valence-electron chi connectivity index (χ0n) is 15.8. The van der Waals surface area contributed by atoms with Gasteiger partial charge in [-0.05, 0) is 57.1 Å². The zero-order valence-corrected chi connectivity index (χ0v) is 17.4. The summed E-state index contributed by atoms with van der Waals surface area (Å²) in [6.07, 6.45) is 2.06. The average molecular weight is 412 g/mol. The molecule has 1 aromatic heterocycles. The molecule has 2 heterocycles. The Morgan fingerprint density at radius 1 is 1.33 bits per heavy atom. The van der Waals surface area contributed by atoms with Crippen molar-refractivity contribution in [1.29, 1.82) is 0 Å². The van der Waals surface area contributed by atoms with Crippen LogP contribution >= 0.6 is 24.2 Å². The molecule has 2 N–H and O–H groups in total. The maximum absolute atomic E-state index is 12.5. The Morgan fingerprint density at radius 2 is 2.00 bits per heavy atom. The second-order valence-electron chi connectivity index (χ2n) is 6.37. The molecule has 9 heteroatoms. The van der Waals surface area contributed by atoms with Gasteiger partial charge in [-0.1, -0.05) is 0 Å². The van der Waals surface area contributed by atoms with Crippen molar-refractivity contribution in [3.8, 4) is 5.75 Å². The lowest BCUT2D eigenvalue weighted by Crippen LogP contribution is -2.27. The zero-order chi connectivity index (χ0) is 18.5. The Labute approximate surface area is 170 Å². The molecule has 1 unspecified atom stereocenters. The predicted molar refractivity (Wildman–Crippen MR) is 110 cm³/mol. The van der Waals surface area contributed by atoms with Gasteiger partial charge >= 0.3 is 0 Å². The van der Waals surface area contributed by atoms with Gasteiger partial charge in [0, 0.05) is 17.9 Å². The van der Waals surface area contributed by atoms with E-state index in [-0.39, 0.29) is 23.6 Å². The molecule has 0 radical (unpaired) electrons. The highest BCUT2D eigenvalue weighted by atomic mass is 35.5. The van der Waals surface area contributed by atoms with Gasteiger partial charge in [0.15, 0.2) is 5.82 Å². The molecule has 0 spiro atoms. The normalized spacial score (nSPS) is 15.7. The highest BCUT2D eigenvalue weighted by Crippen LogP contribution is 2.27. The number of piperidine rings is 1. The molecule has 1 aromatic carbocycles. The molecule has 1 saturated heterocycles. The Kier molecular flexibility index (Phi) is 7.94. The maximum atomic E-state index is 12.5. The van der Waals surface area contributed by atoms with Crippen LogP contribution in [0.4, 0.5) is 5.95 Å². The summed E-state index contributed by atoms with van der Waals surface area (Å²) in [4.78, 5) is 18.1. The minimum atomic E-state index is -0.248. The Hall–Kier alpha value is -1.77. The molecule has 1 atom stereocenters. The smallest absolute Gasteiger partial charge is 0.239 e. The van der Waals surface area contributed by atoms with Gasteiger partial charge < -0.3 is 10.1 Å². The van der Waals surface area contributed by atoms with Crippen LogP contribution in [-0.2, 0) is 11.8 Å². The van der Waals surface area contributed by atoms with Crippen molar-refractivity contribution < 1.29 is 9.53 Å². The molecule has 148 valence electrons. The van der Waals surface area contributed by atoms with Crippen LogP contribution in [0, 0.1) is 0 Å². The predicted octanol–water partition coefficient (Wildman–Crippen LogP) is 2.83. The minimum absolute atomic E-state index is 0. The first-order chi connectivity index (χ1) is 12.6. The summed E-state index contributed by atoms with van der Waals surface area (Å²) in [5.74, 6) is 2.40. The van der Waals surface area contributed by atoms with Crippen molar-refractivity contribution in [2.75, 3.05) is 25.5 Å². The number of ether oxygens (including phenoxy) is 1. The maximum Gasteiger partial charge on any atom is 0.239 e. The number of aryl methyl sites for hydroxylation is 1. The van der Waals surface area contributed by atoms with E-state index in [0.717, 1.165) is 42.4 Å². The lowest BCUT2D eigenvalue weighted by Gasteiger charge is -2.19. The fourth-order valence-corrected chi connectivity index (χ4v) is 3.76. The number of hydrogen-bond donors (Lipinski definition) is 2. The number of nitrogens with one attached hydrogen (secondary N) is 2. The second-order valence-corrected chi connectivity index (χ2v) is 7.78. The summed E-state index contributed by atoms with van der Waals surface area (Å²) in [5, 5.41) is 10.5. The number of halogens is 1. The third-order valence-electron chi connectivity index (χ3n) is 4.46. The number of hydrogen-bond acceptors (Lipinski definition) is 6. The molecule has 0 bridgehead atoms. The number of carbonyl (C=O) groups is 1. The van der Waals surface area contributed by atoms with Crippen LogP contribution in [0.2, 0.25) is 0 Å². The van der Waals surface area contributed by atoms with E-state index in [0.29, 0.717) is 11.9 Å². The van der Waals surface area contributed by atoms with Crippen LogP contribution < -0.4 is 15.4 Å². The number of carbonyl (C=O) groups excluding carboxylic acids is 1. The standard InChI is InChI=1S/C18H25N5O2S.ClH/c1-12(26-15-6-4-14(25-3)5-7-15)17(24)21-18-20-16(22-23(18)2)13-8-10-19-11-9-13;/h4-7,12-13,19H,8-11H2,1-3H3,(H,20,21,22,24);1H. The quantitative estimate of drug-likeness (QED) is 0.711. The molecule has 27 heavy (non-hydrogen) atoms. The molecule has 1 aliphatic heterocycles. The van der Waals surface area contributed by atoms with Crippen molar-refractivity contribution in [2.24, 2.45) is 7.05 Å². The van der Waals surface area contributed by atoms with Crippen LogP contribution in [0.25, 0.3) is 0 Å². The second kappa shape index (κ2) is 9.96. The topological polar surface area (TPSA) is 81.1 Å². The summed E-state index contributed by atoms with van der Waals surface area (Å²) in [7, 11) is 3.45. The molecule has 1 aliphatic rings. The Morgan fingerprint density at radius 3 is 2.63 bits per heavy atom. The van der Waals surface area contributed by atoms with Crippen molar-refractivity contribution in [2.45, 2.75) is 35.8 Å². The monoisotopic (exact) mass is 411 g/mol.